The first-order valence-electron chi connectivity index (χ1n) is 8.46. The summed E-state index contributed by atoms with van der Waals surface area (Å²) in [5.41, 5.74) is 0.347. The van der Waals surface area contributed by atoms with Gasteiger partial charge in [-0.3, -0.25) is 4.79 Å². The minimum atomic E-state index is -0.376. The molecule has 27 heavy (non-hydrogen) atoms. The summed E-state index contributed by atoms with van der Waals surface area (Å²) < 4.78 is 24.8. The van der Waals surface area contributed by atoms with Gasteiger partial charge in [-0.25, -0.2) is 9.37 Å². The molecule has 0 unspecified atom stereocenters. The van der Waals surface area contributed by atoms with Gasteiger partial charge in [0.05, 0.1) is 18.3 Å². The van der Waals surface area contributed by atoms with Gasteiger partial charge in [-0.1, -0.05) is 23.7 Å². The first-order chi connectivity index (χ1) is 13.1. The maximum Gasteiger partial charge on any atom is 0.220 e. The smallest absolute Gasteiger partial charge is 0.220 e. The molecule has 1 aromatic heterocycles. The summed E-state index contributed by atoms with van der Waals surface area (Å²) in [5, 5.41) is 3.40. The molecular formula is C20H18ClFN2O3. The first kappa shape index (κ1) is 18.9. The van der Waals surface area contributed by atoms with Crippen molar-refractivity contribution in [1.82, 2.24) is 10.3 Å². The van der Waals surface area contributed by atoms with E-state index < -0.39 is 0 Å². The molecular weight excluding hydrogens is 371 g/mol. The maximum atomic E-state index is 13.7. The summed E-state index contributed by atoms with van der Waals surface area (Å²) in [6.45, 7) is 0.733. The van der Waals surface area contributed by atoms with E-state index in [0.29, 0.717) is 47.6 Å². The Labute approximate surface area is 161 Å². The third kappa shape index (κ3) is 5.56. The largest absolute Gasteiger partial charge is 0.492 e. The number of aromatic nitrogens is 1. The van der Waals surface area contributed by atoms with Gasteiger partial charge in [-0.15, -0.1) is 0 Å². The minimum Gasteiger partial charge on any atom is -0.492 e. The van der Waals surface area contributed by atoms with Gasteiger partial charge in [0.1, 0.15) is 18.2 Å². The number of carbonyl (C=O) groups is 1. The van der Waals surface area contributed by atoms with Crippen LogP contribution in [0.2, 0.25) is 5.02 Å². The van der Waals surface area contributed by atoms with Crippen molar-refractivity contribution in [3.63, 3.8) is 0 Å². The van der Waals surface area contributed by atoms with Crippen LogP contribution in [-0.4, -0.2) is 24.0 Å². The van der Waals surface area contributed by atoms with E-state index in [1.54, 1.807) is 42.5 Å². The van der Waals surface area contributed by atoms with E-state index in [1.807, 2.05) is 0 Å². The fraction of sp³-hybridized carbons (Fsp3) is 0.200. The van der Waals surface area contributed by atoms with Crippen molar-refractivity contribution in [1.29, 1.82) is 0 Å². The van der Waals surface area contributed by atoms with Crippen molar-refractivity contribution in [2.24, 2.45) is 0 Å². The Morgan fingerprint density at radius 3 is 2.74 bits per heavy atom. The van der Waals surface area contributed by atoms with E-state index in [-0.39, 0.29) is 18.1 Å². The molecule has 0 aliphatic carbocycles. The Hall–Kier alpha value is -2.86. The second kappa shape index (κ2) is 9.19. The molecule has 3 rings (SSSR count). The Morgan fingerprint density at radius 2 is 1.96 bits per heavy atom. The highest BCUT2D eigenvalue weighted by atomic mass is 35.5. The molecule has 0 aliphatic heterocycles. The second-order valence-corrected chi connectivity index (χ2v) is 6.19. The zero-order chi connectivity index (χ0) is 19.1. The molecule has 0 aliphatic rings. The van der Waals surface area contributed by atoms with E-state index in [4.69, 9.17) is 20.8 Å². The molecule has 0 fully saturated rings. The molecule has 0 bridgehead atoms. The highest BCUT2D eigenvalue weighted by molar-refractivity contribution is 6.30. The number of carbonyl (C=O) groups excluding carboxylic acids is 1. The lowest BCUT2D eigenvalue weighted by Gasteiger charge is -2.07. The molecule has 7 heteroatoms. The Balaban J connectivity index is 1.39. The van der Waals surface area contributed by atoms with Crippen LogP contribution in [0, 0.1) is 5.82 Å². The number of nitrogens with one attached hydrogen (secondary N) is 1. The van der Waals surface area contributed by atoms with Crippen LogP contribution in [0.5, 0.6) is 5.75 Å². The maximum absolute atomic E-state index is 13.7. The Kier molecular flexibility index (Phi) is 6.44. The van der Waals surface area contributed by atoms with Crippen LogP contribution in [0.25, 0.3) is 11.3 Å². The number of oxazole rings is 1. The lowest BCUT2D eigenvalue weighted by atomic mass is 10.2. The third-order valence-corrected chi connectivity index (χ3v) is 4.02. The molecule has 1 N–H and O–H groups in total. The number of benzene rings is 2. The van der Waals surface area contributed by atoms with Gasteiger partial charge in [-0.05, 0) is 36.4 Å². The molecule has 0 spiro atoms. The highest BCUT2D eigenvalue weighted by Crippen LogP contribution is 2.23. The standard InChI is InChI=1S/C20H18ClFN2O3/c21-14-5-7-15(8-6-14)26-12-11-23-19(25)9-10-20-24-13-18(27-20)16-3-1-2-4-17(16)22/h1-8,13H,9-12H2,(H,23,25). The zero-order valence-corrected chi connectivity index (χ0v) is 15.2. The van der Waals surface area contributed by atoms with Crippen molar-refractivity contribution in [2.45, 2.75) is 12.8 Å². The van der Waals surface area contributed by atoms with Crippen molar-refractivity contribution < 1.29 is 18.3 Å². The number of rotatable bonds is 8. The van der Waals surface area contributed by atoms with E-state index in [2.05, 4.69) is 10.3 Å². The number of amides is 1. The summed E-state index contributed by atoms with van der Waals surface area (Å²) in [7, 11) is 0. The molecule has 140 valence electrons. The fourth-order valence-electron chi connectivity index (χ4n) is 2.41. The summed E-state index contributed by atoms with van der Waals surface area (Å²) in [4.78, 5) is 16.0. The first-order valence-corrected chi connectivity index (χ1v) is 8.84. The SMILES string of the molecule is O=C(CCc1ncc(-c2ccccc2F)o1)NCCOc1ccc(Cl)cc1. The van der Waals surface area contributed by atoms with E-state index in [9.17, 15) is 9.18 Å². The molecule has 3 aromatic rings. The lowest BCUT2D eigenvalue weighted by molar-refractivity contribution is -0.121. The highest BCUT2D eigenvalue weighted by Gasteiger charge is 2.11. The fourth-order valence-corrected chi connectivity index (χ4v) is 2.54. The van der Waals surface area contributed by atoms with Crippen LogP contribution >= 0.6 is 11.6 Å². The topological polar surface area (TPSA) is 64.4 Å². The van der Waals surface area contributed by atoms with Crippen molar-refractivity contribution in [2.75, 3.05) is 13.2 Å². The number of aryl methyl sites for hydroxylation is 1. The van der Waals surface area contributed by atoms with Crippen LogP contribution < -0.4 is 10.1 Å². The molecule has 5 nitrogen and oxygen atoms in total. The number of hydrogen-bond donors (Lipinski definition) is 1. The van der Waals surface area contributed by atoms with Crippen LogP contribution in [0.1, 0.15) is 12.3 Å². The van der Waals surface area contributed by atoms with Crippen molar-refractivity contribution >= 4 is 17.5 Å². The van der Waals surface area contributed by atoms with Crippen LogP contribution in [-0.2, 0) is 11.2 Å². The summed E-state index contributed by atoms with van der Waals surface area (Å²) >= 11 is 5.80. The Bertz CT molecular complexity index is 896. The monoisotopic (exact) mass is 388 g/mol. The average molecular weight is 389 g/mol. The molecule has 0 saturated carbocycles. The van der Waals surface area contributed by atoms with Crippen LogP contribution in [0.3, 0.4) is 0 Å². The molecule has 1 heterocycles. The molecule has 0 atom stereocenters. The zero-order valence-electron chi connectivity index (χ0n) is 14.5. The van der Waals surface area contributed by atoms with Gasteiger partial charge in [-0.2, -0.15) is 0 Å². The summed E-state index contributed by atoms with van der Waals surface area (Å²) in [6, 6.07) is 13.3. The van der Waals surface area contributed by atoms with Gasteiger partial charge >= 0.3 is 0 Å². The van der Waals surface area contributed by atoms with Crippen LogP contribution in [0.15, 0.2) is 59.1 Å². The van der Waals surface area contributed by atoms with Gasteiger partial charge in [0.15, 0.2) is 11.7 Å². The predicted molar refractivity (Wildman–Crippen MR) is 100 cm³/mol. The van der Waals surface area contributed by atoms with Gasteiger partial charge in [0, 0.05) is 17.9 Å². The quantitative estimate of drug-likeness (QED) is 0.585. The molecule has 1 amide bonds. The molecule has 0 saturated heterocycles. The number of ether oxygens (including phenoxy) is 1. The van der Waals surface area contributed by atoms with E-state index in [1.165, 1.54) is 12.3 Å². The average Bonchev–Trinajstić information content (AvgIpc) is 3.14. The van der Waals surface area contributed by atoms with Gasteiger partial charge in [0.2, 0.25) is 5.91 Å². The van der Waals surface area contributed by atoms with Gasteiger partial charge in [0.25, 0.3) is 0 Å². The summed E-state index contributed by atoms with van der Waals surface area (Å²) in [6.07, 6.45) is 2.02. The normalized spacial score (nSPS) is 10.6. The second-order valence-electron chi connectivity index (χ2n) is 5.75. The van der Waals surface area contributed by atoms with Gasteiger partial charge < -0.3 is 14.5 Å². The third-order valence-electron chi connectivity index (χ3n) is 3.77. The number of nitrogens with zero attached hydrogens (tertiary/aromatic N) is 1. The Morgan fingerprint density at radius 1 is 1.19 bits per heavy atom. The minimum absolute atomic E-state index is 0.139. The van der Waals surface area contributed by atoms with Crippen molar-refractivity contribution in [3.8, 4) is 17.1 Å². The van der Waals surface area contributed by atoms with E-state index in [0.717, 1.165) is 0 Å². The van der Waals surface area contributed by atoms with Crippen LogP contribution in [0.4, 0.5) is 4.39 Å². The lowest BCUT2D eigenvalue weighted by Crippen LogP contribution is -2.28. The molecule has 2 aromatic carbocycles. The van der Waals surface area contributed by atoms with Crippen molar-refractivity contribution in [3.05, 3.63) is 71.5 Å². The number of halogens is 2. The molecule has 0 radical (unpaired) electrons. The number of hydrogen-bond acceptors (Lipinski definition) is 4. The van der Waals surface area contributed by atoms with E-state index >= 15 is 0 Å². The summed E-state index contributed by atoms with van der Waals surface area (Å²) in [5.74, 6) is 0.911. The predicted octanol–water partition coefficient (Wildman–Crippen LogP) is 4.26.